The van der Waals surface area contributed by atoms with Gasteiger partial charge in [-0.1, -0.05) is 11.6 Å². The van der Waals surface area contributed by atoms with Gasteiger partial charge < -0.3 is 19.9 Å². The van der Waals surface area contributed by atoms with Crippen LogP contribution in [0.15, 0.2) is 36.5 Å². The molecule has 0 radical (unpaired) electrons. The Bertz CT molecular complexity index is 1260. The highest BCUT2D eigenvalue weighted by molar-refractivity contribution is 6.31. The Labute approximate surface area is 196 Å². The van der Waals surface area contributed by atoms with Gasteiger partial charge in [-0.3, -0.25) is 9.78 Å². The van der Waals surface area contributed by atoms with Crippen LogP contribution < -0.4 is 15.0 Å². The number of nitrogens with one attached hydrogen (secondary N) is 1. The van der Waals surface area contributed by atoms with Crippen LogP contribution in [0.3, 0.4) is 0 Å². The molecule has 0 saturated carbocycles. The summed E-state index contributed by atoms with van der Waals surface area (Å²) in [5.41, 5.74) is 2.57. The minimum absolute atomic E-state index is 0.0185. The molecule has 2 aromatic carbocycles. The third-order valence-electron chi connectivity index (χ3n) is 5.42. The fourth-order valence-corrected chi connectivity index (χ4v) is 3.96. The van der Waals surface area contributed by atoms with Crippen LogP contribution in [0.2, 0.25) is 5.02 Å². The predicted octanol–water partition coefficient (Wildman–Crippen LogP) is 4.71. The molecule has 0 bridgehead atoms. The van der Waals surface area contributed by atoms with E-state index in [0.29, 0.717) is 58.9 Å². The maximum Gasteiger partial charge on any atom is 0.227 e. The highest BCUT2D eigenvalue weighted by Crippen LogP contribution is 2.39. The Morgan fingerprint density at radius 2 is 2.18 bits per heavy atom. The molecule has 4 rings (SSSR count). The van der Waals surface area contributed by atoms with E-state index in [2.05, 4.69) is 16.4 Å². The van der Waals surface area contributed by atoms with Gasteiger partial charge in [-0.15, -0.1) is 0 Å². The molecule has 0 fully saturated rings. The number of pyridine rings is 1. The van der Waals surface area contributed by atoms with E-state index in [1.54, 1.807) is 11.0 Å². The Morgan fingerprint density at radius 3 is 2.91 bits per heavy atom. The molecular formula is C24H23ClFN5O2. The second kappa shape index (κ2) is 9.61. The number of fused-ring (bicyclic) bond motifs is 2. The quantitative estimate of drug-likeness (QED) is 0.565. The maximum absolute atomic E-state index is 13.6. The molecule has 1 amide bonds. The molecule has 0 unspecified atom stereocenters. The molecule has 9 heteroatoms. The molecule has 7 nitrogen and oxygen atoms in total. The number of nitriles is 1. The molecule has 1 aliphatic rings. The molecule has 0 aliphatic carbocycles. The predicted molar refractivity (Wildman–Crippen MR) is 127 cm³/mol. The number of amides is 1. The van der Waals surface area contributed by atoms with Crippen LogP contribution in [0.4, 0.5) is 21.5 Å². The molecule has 0 atom stereocenters. The van der Waals surface area contributed by atoms with Gasteiger partial charge in [0.05, 0.1) is 34.0 Å². The van der Waals surface area contributed by atoms with Crippen molar-refractivity contribution in [2.24, 2.45) is 0 Å². The van der Waals surface area contributed by atoms with E-state index in [1.165, 1.54) is 24.4 Å². The number of carbonyl (C=O) groups is 1. The van der Waals surface area contributed by atoms with E-state index in [4.69, 9.17) is 16.3 Å². The minimum Gasteiger partial charge on any atom is -0.489 e. The smallest absolute Gasteiger partial charge is 0.227 e. The van der Waals surface area contributed by atoms with E-state index in [1.807, 2.05) is 25.1 Å². The van der Waals surface area contributed by atoms with Crippen LogP contribution in [0.1, 0.15) is 18.4 Å². The Kier molecular flexibility index (Phi) is 6.63. The molecule has 170 valence electrons. The van der Waals surface area contributed by atoms with Crippen molar-refractivity contribution in [3.8, 4) is 11.8 Å². The summed E-state index contributed by atoms with van der Waals surface area (Å²) in [5, 5.41) is 13.4. The van der Waals surface area contributed by atoms with Crippen molar-refractivity contribution in [1.29, 1.82) is 5.26 Å². The summed E-state index contributed by atoms with van der Waals surface area (Å²) in [5.74, 6) is 0.0598. The summed E-state index contributed by atoms with van der Waals surface area (Å²) in [7, 11) is 3.95. The lowest BCUT2D eigenvalue weighted by atomic mass is 10.1. The molecule has 2 heterocycles. The Balaban J connectivity index is 1.75. The van der Waals surface area contributed by atoms with Crippen molar-refractivity contribution < 1.29 is 13.9 Å². The highest BCUT2D eigenvalue weighted by Gasteiger charge is 2.25. The summed E-state index contributed by atoms with van der Waals surface area (Å²) in [6.07, 6.45) is 2.64. The number of ether oxygens (including phenoxy) is 1. The van der Waals surface area contributed by atoms with E-state index >= 15 is 0 Å². The molecule has 3 aromatic rings. The molecule has 0 spiro atoms. The monoisotopic (exact) mass is 467 g/mol. The first-order valence-corrected chi connectivity index (χ1v) is 10.9. The van der Waals surface area contributed by atoms with E-state index in [0.717, 1.165) is 13.0 Å². The van der Waals surface area contributed by atoms with E-state index in [9.17, 15) is 14.4 Å². The number of halogens is 2. The first kappa shape index (κ1) is 22.8. The van der Waals surface area contributed by atoms with Crippen LogP contribution in [0, 0.1) is 17.1 Å². The van der Waals surface area contributed by atoms with E-state index < -0.39 is 5.82 Å². The van der Waals surface area contributed by atoms with Gasteiger partial charge in [0.1, 0.15) is 24.2 Å². The van der Waals surface area contributed by atoms with Crippen LogP contribution >= 0.6 is 11.6 Å². The summed E-state index contributed by atoms with van der Waals surface area (Å²) in [6, 6.07) is 9.97. The molecule has 1 N–H and O–H groups in total. The third-order valence-corrected chi connectivity index (χ3v) is 5.71. The lowest BCUT2D eigenvalue weighted by Gasteiger charge is -2.30. The van der Waals surface area contributed by atoms with Crippen molar-refractivity contribution in [2.45, 2.75) is 12.8 Å². The molecule has 1 aromatic heterocycles. The lowest BCUT2D eigenvalue weighted by Crippen LogP contribution is -2.38. The fourth-order valence-electron chi connectivity index (χ4n) is 3.78. The Hall–Kier alpha value is -3.41. The average molecular weight is 468 g/mol. The van der Waals surface area contributed by atoms with Crippen LogP contribution in [0.25, 0.3) is 10.9 Å². The van der Waals surface area contributed by atoms with Crippen molar-refractivity contribution in [1.82, 2.24) is 9.88 Å². The van der Waals surface area contributed by atoms with Gasteiger partial charge in [0.2, 0.25) is 5.91 Å². The largest absolute Gasteiger partial charge is 0.489 e. The number of anilines is 3. The second-order valence-corrected chi connectivity index (χ2v) is 8.46. The van der Waals surface area contributed by atoms with Crippen molar-refractivity contribution >= 4 is 45.5 Å². The van der Waals surface area contributed by atoms with Gasteiger partial charge in [0.25, 0.3) is 0 Å². The van der Waals surface area contributed by atoms with Gasteiger partial charge in [-0.05, 0) is 51.3 Å². The first-order valence-electron chi connectivity index (χ1n) is 10.5. The molecular weight excluding hydrogens is 445 g/mol. The normalized spacial score (nSPS) is 12.9. The fraction of sp³-hybridized carbons (Fsp3) is 0.292. The van der Waals surface area contributed by atoms with Gasteiger partial charge in [0, 0.05) is 29.8 Å². The van der Waals surface area contributed by atoms with Crippen LogP contribution in [-0.2, 0) is 4.79 Å². The number of hydrogen-bond acceptors (Lipinski definition) is 6. The summed E-state index contributed by atoms with van der Waals surface area (Å²) in [4.78, 5) is 21.1. The molecule has 1 aliphatic heterocycles. The first-order chi connectivity index (χ1) is 15.9. The van der Waals surface area contributed by atoms with Gasteiger partial charge in [0.15, 0.2) is 0 Å². The minimum atomic E-state index is -0.531. The SMILES string of the molecule is CN(C)CCCC(=O)N1CCOc2cc3ncc(C#N)c(Nc4ccc(F)c(Cl)c4)c3cc21. The standard InChI is InChI=1S/C24H23ClFN5O2/c1-30(2)7-3-4-23(32)31-8-9-33-22-12-20-17(11-21(22)31)24(15(13-27)14-28-20)29-16-5-6-19(26)18(25)10-16/h5-6,10-12,14H,3-4,7-9H2,1-2H3,(H,28,29). The van der Waals surface area contributed by atoms with E-state index in [-0.39, 0.29) is 10.9 Å². The third kappa shape index (κ3) is 4.85. The topological polar surface area (TPSA) is 81.5 Å². The zero-order valence-electron chi connectivity index (χ0n) is 18.4. The zero-order chi connectivity index (χ0) is 23.5. The lowest BCUT2D eigenvalue weighted by molar-refractivity contribution is -0.119. The summed E-state index contributed by atoms with van der Waals surface area (Å²) in [6.45, 7) is 1.67. The van der Waals surface area contributed by atoms with Crippen LogP contribution in [0.5, 0.6) is 5.75 Å². The van der Waals surface area contributed by atoms with Gasteiger partial charge >= 0.3 is 0 Å². The van der Waals surface area contributed by atoms with Gasteiger partial charge in [-0.25, -0.2) is 4.39 Å². The second-order valence-electron chi connectivity index (χ2n) is 8.05. The zero-order valence-corrected chi connectivity index (χ0v) is 19.1. The molecule has 33 heavy (non-hydrogen) atoms. The Morgan fingerprint density at radius 1 is 1.36 bits per heavy atom. The van der Waals surface area contributed by atoms with Crippen molar-refractivity contribution in [3.05, 3.63) is 52.9 Å². The summed E-state index contributed by atoms with van der Waals surface area (Å²) < 4.78 is 19.4. The average Bonchev–Trinajstić information content (AvgIpc) is 2.79. The number of nitrogens with zero attached hydrogens (tertiary/aromatic N) is 4. The highest BCUT2D eigenvalue weighted by atomic mass is 35.5. The number of carbonyl (C=O) groups excluding carboxylic acids is 1. The molecule has 0 saturated heterocycles. The number of hydrogen-bond donors (Lipinski definition) is 1. The number of aromatic nitrogens is 1. The van der Waals surface area contributed by atoms with Crippen molar-refractivity contribution in [2.75, 3.05) is 44.0 Å². The number of benzene rings is 2. The van der Waals surface area contributed by atoms with Gasteiger partial charge in [-0.2, -0.15) is 5.26 Å². The van der Waals surface area contributed by atoms with Crippen molar-refractivity contribution in [3.63, 3.8) is 0 Å². The maximum atomic E-state index is 13.6. The van der Waals surface area contributed by atoms with Crippen LogP contribution in [-0.4, -0.2) is 49.6 Å². The number of rotatable bonds is 6. The summed E-state index contributed by atoms with van der Waals surface area (Å²) >= 11 is 5.93.